The van der Waals surface area contributed by atoms with E-state index in [2.05, 4.69) is 4.98 Å². The maximum absolute atomic E-state index is 11.2. The third-order valence-corrected chi connectivity index (χ3v) is 3.49. The number of hydrogen-bond acceptors (Lipinski definition) is 4. The molecule has 1 fully saturated rings. The van der Waals surface area contributed by atoms with E-state index in [1.54, 1.807) is 7.11 Å². The van der Waals surface area contributed by atoms with Crippen LogP contribution in [0.5, 0.6) is 5.75 Å². The number of aromatic nitrogens is 1. The first-order chi connectivity index (χ1) is 9.17. The molecule has 19 heavy (non-hydrogen) atoms. The van der Waals surface area contributed by atoms with Crippen LogP contribution < -0.4 is 4.74 Å². The Morgan fingerprint density at radius 2 is 2.16 bits per heavy atom. The molecule has 98 valence electrons. The van der Waals surface area contributed by atoms with Crippen molar-refractivity contribution in [2.45, 2.75) is 18.3 Å². The van der Waals surface area contributed by atoms with Gasteiger partial charge in [-0.3, -0.25) is 4.79 Å². The van der Waals surface area contributed by atoms with E-state index in [1.165, 1.54) is 6.26 Å². The number of carboxylic acids is 1. The van der Waals surface area contributed by atoms with Crippen LogP contribution in [0.1, 0.15) is 18.5 Å². The lowest BCUT2D eigenvalue weighted by Crippen LogP contribution is -2.19. The zero-order chi connectivity index (χ0) is 13.5. The van der Waals surface area contributed by atoms with E-state index in [-0.39, 0.29) is 0 Å². The number of hydrogen-bond donors (Lipinski definition) is 1. The van der Waals surface area contributed by atoms with Gasteiger partial charge in [-0.25, -0.2) is 4.98 Å². The lowest BCUT2D eigenvalue weighted by atomic mass is 10.0. The lowest BCUT2D eigenvalue weighted by molar-refractivity contribution is -0.140. The molecule has 1 N–H and O–H groups in total. The summed E-state index contributed by atoms with van der Waals surface area (Å²) in [5.41, 5.74) is 0.363. The van der Waals surface area contributed by atoms with Crippen molar-refractivity contribution in [3.63, 3.8) is 0 Å². The van der Waals surface area contributed by atoms with Gasteiger partial charge in [0, 0.05) is 0 Å². The number of carbonyl (C=O) groups is 1. The van der Waals surface area contributed by atoms with Crippen molar-refractivity contribution in [2.75, 3.05) is 7.11 Å². The van der Waals surface area contributed by atoms with E-state index in [0.717, 1.165) is 5.56 Å². The minimum atomic E-state index is -0.843. The maximum atomic E-state index is 11.2. The zero-order valence-corrected chi connectivity index (χ0v) is 10.4. The first kappa shape index (κ1) is 11.8. The van der Waals surface area contributed by atoms with Gasteiger partial charge < -0.3 is 14.3 Å². The van der Waals surface area contributed by atoms with Crippen molar-refractivity contribution >= 4 is 5.97 Å². The molecule has 0 bridgehead atoms. The van der Waals surface area contributed by atoms with E-state index in [1.807, 2.05) is 24.3 Å². The van der Waals surface area contributed by atoms with Crippen molar-refractivity contribution in [1.29, 1.82) is 0 Å². The first-order valence-electron chi connectivity index (χ1n) is 6.00. The van der Waals surface area contributed by atoms with Gasteiger partial charge in [-0.1, -0.05) is 12.1 Å². The number of oxazole rings is 1. The molecular formula is C14H13NO4. The summed E-state index contributed by atoms with van der Waals surface area (Å²) in [4.78, 5) is 15.6. The topological polar surface area (TPSA) is 72.6 Å². The van der Waals surface area contributed by atoms with Crippen molar-refractivity contribution < 1.29 is 19.1 Å². The molecule has 1 aromatic heterocycles. The van der Waals surface area contributed by atoms with Crippen LogP contribution in [-0.4, -0.2) is 23.2 Å². The van der Waals surface area contributed by atoms with Crippen LogP contribution in [-0.2, 0) is 10.2 Å². The number of methoxy groups -OCH3 is 1. The number of carboxylic acid groups (broad SMARTS) is 1. The number of aliphatic carboxylic acids is 1. The summed E-state index contributed by atoms with van der Waals surface area (Å²) >= 11 is 0. The SMILES string of the molecule is COc1ccccc1-c1nc(C2(C(=O)O)CC2)co1. The summed E-state index contributed by atoms with van der Waals surface area (Å²) in [5, 5.41) is 9.23. The number of ether oxygens (including phenoxy) is 1. The normalized spacial score (nSPS) is 16.1. The van der Waals surface area contributed by atoms with E-state index >= 15 is 0 Å². The minimum Gasteiger partial charge on any atom is -0.496 e. The van der Waals surface area contributed by atoms with Gasteiger partial charge in [-0.2, -0.15) is 0 Å². The molecule has 3 rings (SSSR count). The van der Waals surface area contributed by atoms with E-state index in [9.17, 15) is 9.90 Å². The van der Waals surface area contributed by atoms with Gasteiger partial charge in [-0.15, -0.1) is 0 Å². The monoisotopic (exact) mass is 259 g/mol. The second kappa shape index (κ2) is 4.12. The lowest BCUT2D eigenvalue weighted by Gasteiger charge is -2.05. The van der Waals surface area contributed by atoms with Crippen molar-refractivity contribution in [1.82, 2.24) is 4.98 Å². The van der Waals surface area contributed by atoms with Crippen molar-refractivity contribution in [2.24, 2.45) is 0 Å². The van der Waals surface area contributed by atoms with Gasteiger partial charge >= 0.3 is 5.97 Å². The Morgan fingerprint density at radius 1 is 1.42 bits per heavy atom. The molecule has 1 aliphatic rings. The maximum Gasteiger partial charge on any atom is 0.315 e. The Morgan fingerprint density at radius 3 is 2.79 bits per heavy atom. The fourth-order valence-corrected chi connectivity index (χ4v) is 2.14. The molecule has 0 atom stereocenters. The van der Waals surface area contributed by atoms with Crippen molar-refractivity contribution in [3.05, 3.63) is 36.2 Å². The molecule has 0 aliphatic heterocycles. The highest BCUT2D eigenvalue weighted by Crippen LogP contribution is 2.48. The van der Waals surface area contributed by atoms with E-state index < -0.39 is 11.4 Å². The molecule has 5 nitrogen and oxygen atoms in total. The van der Waals surface area contributed by atoms with Crippen LogP contribution in [0.3, 0.4) is 0 Å². The van der Waals surface area contributed by atoms with Crippen LogP contribution >= 0.6 is 0 Å². The van der Waals surface area contributed by atoms with Crippen LogP contribution in [0.25, 0.3) is 11.5 Å². The largest absolute Gasteiger partial charge is 0.496 e. The molecule has 0 unspecified atom stereocenters. The predicted molar refractivity (Wildman–Crippen MR) is 67.0 cm³/mol. The Labute approximate surface area is 109 Å². The van der Waals surface area contributed by atoms with Crippen molar-refractivity contribution in [3.8, 4) is 17.2 Å². The molecule has 0 amide bonds. The number of benzene rings is 1. The molecule has 1 aliphatic carbocycles. The average Bonchev–Trinajstić information content (AvgIpc) is 3.11. The van der Waals surface area contributed by atoms with Crippen LogP contribution in [0.4, 0.5) is 0 Å². The molecule has 1 heterocycles. The second-order valence-corrected chi connectivity index (χ2v) is 4.63. The summed E-state index contributed by atoms with van der Waals surface area (Å²) in [6.45, 7) is 0. The predicted octanol–water partition coefficient (Wildman–Crippen LogP) is 2.47. The third kappa shape index (κ3) is 1.78. The van der Waals surface area contributed by atoms with Crippen LogP contribution in [0, 0.1) is 0 Å². The Bertz CT molecular complexity index is 628. The molecule has 1 aromatic carbocycles. The van der Waals surface area contributed by atoms with Gasteiger partial charge in [-0.05, 0) is 25.0 Å². The number of rotatable bonds is 4. The summed E-state index contributed by atoms with van der Waals surface area (Å²) < 4.78 is 10.7. The quantitative estimate of drug-likeness (QED) is 0.913. The highest BCUT2D eigenvalue weighted by atomic mass is 16.5. The molecule has 1 saturated carbocycles. The molecule has 0 radical (unpaired) electrons. The number of para-hydroxylation sites is 1. The van der Waals surface area contributed by atoms with Gasteiger partial charge in [0.1, 0.15) is 17.4 Å². The third-order valence-electron chi connectivity index (χ3n) is 3.49. The average molecular weight is 259 g/mol. The molecule has 5 heteroatoms. The smallest absolute Gasteiger partial charge is 0.315 e. The summed E-state index contributed by atoms with van der Waals surface area (Å²) in [7, 11) is 1.57. The van der Waals surface area contributed by atoms with Gasteiger partial charge in [0.2, 0.25) is 5.89 Å². The van der Waals surface area contributed by atoms with Gasteiger partial charge in [0.25, 0.3) is 0 Å². The fraction of sp³-hybridized carbons (Fsp3) is 0.286. The Kier molecular flexibility index (Phi) is 2.55. The van der Waals surface area contributed by atoms with Gasteiger partial charge in [0.15, 0.2) is 0 Å². The molecule has 2 aromatic rings. The van der Waals surface area contributed by atoms with Gasteiger partial charge in [0.05, 0.1) is 18.4 Å². The van der Waals surface area contributed by atoms with E-state index in [4.69, 9.17) is 9.15 Å². The fourth-order valence-electron chi connectivity index (χ4n) is 2.14. The second-order valence-electron chi connectivity index (χ2n) is 4.63. The van der Waals surface area contributed by atoms with Crippen LogP contribution in [0.2, 0.25) is 0 Å². The summed E-state index contributed by atoms with van der Waals surface area (Å²) in [6.07, 6.45) is 2.66. The highest BCUT2D eigenvalue weighted by molar-refractivity contribution is 5.84. The van der Waals surface area contributed by atoms with Crippen LogP contribution in [0.15, 0.2) is 34.9 Å². The zero-order valence-electron chi connectivity index (χ0n) is 10.4. The summed E-state index contributed by atoms with van der Waals surface area (Å²) in [6, 6.07) is 7.34. The standard InChI is InChI=1S/C14H13NO4/c1-18-10-5-3-2-4-9(10)12-15-11(8-19-12)14(6-7-14)13(16)17/h2-5,8H,6-7H2,1H3,(H,16,17). The highest BCUT2D eigenvalue weighted by Gasteiger charge is 2.54. The first-order valence-corrected chi connectivity index (χ1v) is 6.00. The molecule has 0 spiro atoms. The van der Waals surface area contributed by atoms with E-state index in [0.29, 0.717) is 30.2 Å². The summed E-state index contributed by atoms with van der Waals surface area (Å²) in [5.74, 6) is 0.198. The number of nitrogens with zero attached hydrogens (tertiary/aromatic N) is 1. The Balaban J connectivity index is 2.00. The Hall–Kier alpha value is -2.30. The molecule has 0 saturated heterocycles. The minimum absolute atomic E-state index is 0.389. The molecular weight excluding hydrogens is 246 g/mol.